The first-order chi connectivity index (χ1) is 8.49. The standard InChI is InChI=1S/C13H20N4O/c1-8-6-16-12(5-11(8)14)17-7-10(13(15)18)4-3-9(17)2/h5-6,9-10H,3-4,7H2,1-2H3,(H2,14,16)(H2,15,18). The second-order valence-corrected chi connectivity index (χ2v) is 5.08. The number of rotatable bonds is 2. The maximum atomic E-state index is 11.3. The minimum atomic E-state index is -0.230. The predicted octanol–water partition coefficient (Wildman–Crippen LogP) is 1.06. The maximum absolute atomic E-state index is 11.3. The lowest BCUT2D eigenvalue weighted by Gasteiger charge is -2.37. The molecule has 0 saturated carbocycles. The number of nitrogen functional groups attached to an aromatic ring is 1. The van der Waals surface area contributed by atoms with E-state index in [0.717, 1.165) is 29.9 Å². The molecule has 2 heterocycles. The van der Waals surface area contributed by atoms with Crippen LogP contribution in [0.5, 0.6) is 0 Å². The van der Waals surface area contributed by atoms with Crippen LogP contribution in [-0.2, 0) is 4.79 Å². The quantitative estimate of drug-likeness (QED) is 0.819. The first-order valence-electron chi connectivity index (χ1n) is 6.27. The summed E-state index contributed by atoms with van der Waals surface area (Å²) in [6.07, 6.45) is 3.57. The number of nitrogens with zero attached hydrogens (tertiary/aromatic N) is 2. The van der Waals surface area contributed by atoms with E-state index in [4.69, 9.17) is 11.5 Å². The van der Waals surface area contributed by atoms with E-state index in [1.807, 2.05) is 13.0 Å². The van der Waals surface area contributed by atoms with Crippen LogP contribution in [0, 0.1) is 12.8 Å². The van der Waals surface area contributed by atoms with Gasteiger partial charge in [0.05, 0.1) is 5.92 Å². The first kappa shape index (κ1) is 12.7. The highest BCUT2D eigenvalue weighted by atomic mass is 16.1. The molecule has 1 saturated heterocycles. The SMILES string of the molecule is Cc1cnc(N2CC(C(N)=O)CCC2C)cc1N. The van der Waals surface area contributed by atoms with Crippen molar-refractivity contribution in [3.8, 4) is 0 Å². The second-order valence-electron chi connectivity index (χ2n) is 5.08. The monoisotopic (exact) mass is 248 g/mol. The molecule has 0 radical (unpaired) electrons. The average molecular weight is 248 g/mol. The molecule has 4 N–H and O–H groups in total. The summed E-state index contributed by atoms with van der Waals surface area (Å²) in [5.74, 6) is 0.508. The van der Waals surface area contributed by atoms with Crippen LogP contribution >= 0.6 is 0 Å². The Balaban J connectivity index is 2.24. The van der Waals surface area contributed by atoms with Gasteiger partial charge < -0.3 is 16.4 Å². The lowest BCUT2D eigenvalue weighted by Crippen LogP contribution is -2.46. The van der Waals surface area contributed by atoms with E-state index in [-0.39, 0.29) is 11.8 Å². The lowest BCUT2D eigenvalue weighted by molar-refractivity contribution is -0.122. The number of hydrogen-bond acceptors (Lipinski definition) is 4. The van der Waals surface area contributed by atoms with Crippen molar-refractivity contribution in [2.75, 3.05) is 17.2 Å². The minimum absolute atomic E-state index is 0.0921. The van der Waals surface area contributed by atoms with Crippen molar-refractivity contribution in [2.24, 2.45) is 11.7 Å². The number of anilines is 2. The Bertz CT molecular complexity index is 460. The van der Waals surface area contributed by atoms with Gasteiger partial charge in [0.1, 0.15) is 5.82 Å². The number of primary amides is 1. The summed E-state index contributed by atoms with van der Waals surface area (Å²) in [5.41, 5.74) is 13.0. The summed E-state index contributed by atoms with van der Waals surface area (Å²) in [6.45, 7) is 4.69. The molecule has 1 amide bonds. The molecule has 2 unspecified atom stereocenters. The van der Waals surface area contributed by atoms with Gasteiger partial charge in [-0.05, 0) is 32.3 Å². The number of hydrogen-bond donors (Lipinski definition) is 2. The van der Waals surface area contributed by atoms with E-state index in [2.05, 4.69) is 16.8 Å². The molecule has 0 aliphatic carbocycles. The van der Waals surface area contributed by atoms with E-state index >= 15 is 0 Å². The Kier molecular flexibility index (Phi) is 3.41. The van der Waals surface area contributed by atoms with E-state index < -0.39 is 0 Å². The zero-order valence-electron chi connectivity index (χ0n) is 10.9. The highest BCUT2D eigenvalue weighted by Crippen LogP contribution is 2.27. The summed E-state index contributed by atoms with van der Waals surface area (Å²) >= 11 is 0. The van der Waals surface area contributed by atoms with Gasteiger partial charge in [-0.3, -0.25) is 4.79 Å². The van der Waals surface area contributed by atoms with Gasteiger partial charge in [0.15, 0.2) is 0 Å². The number of carbonyl (C=O) groups excluding carboxylic acids is 1. The van der Waals surface area contributed by atoms with Gasteiger partial charge in [0.2, 0.25) is 5.91 Å². The fourth-order valence-corrected chi connectivity index (χ4v) is 2.34. The summed E-state index contributed by atoms with van der Waals surface area (Å²) in [5, 5.41) is 0. The van der Waals surface area contributed by atoms with Crippen LogP contribution in [0.15, 0.2) is 12.3 Å². The van der Waals surface area contributed by atoms with Crippen molar-refractivity contribution in [3.63, 3.8) is 0 Å². The van der Waals surface area contributed by atoms with Crippen molar-refractivity contribution in [1.29, 1.82) is 0 Å². The van der Waals surface area contributed by atoms with E-state index in [9.17, 15) is 4.79 Å². The Hall–Kier alpha value is -1.78. The van der Waals surface area contributed by atoms with Crippen LogP contribution in [0.3, 0.4) is 0 Å². The first-order valence-corrected chi connectivity index (χ1v) is 6.27. The van der Waals surface area contributed by atoms with Crippen LogP contribution in [0.25, 0.3) is 0 Å². The number of pyridine rings is 1. The molecule has 1 aromatic heterocycles. The molecule has 1 aromatic rings. The van der Waals surface area contributed by atoms with Crippen molar-refractivity contribution in [2.45, 2.75) is 32.7 Å². The zero-order valence-corrected chi connectivity index (χ0v) is 10.9. The Morgan fingerprint density at radius 1 is 1.50 bits per heavy atom. The third-order valence-electron chi connectivity index (χ3n) is 3.71. The second kappa shape index (κ2) is 4.84. The molecular formula is C13H20N4O. The maximum Gasteiger partial charge on any atom is 0.222 e. The molecule has 18 heavy (non-hydrogen) atoms. The van der Waals surface area contributed by atoms with E-state index in [1.54, 1.807) is 6.20 Å². The van der Waals surface area contributed by atoms with Crippen LogP contribution in [-0.4, -0.2) is 23.5 Å². The van der Waals surface area contributed by atoms with Crippen molar-refractivity contribution >= 4 is 17.4 Å². The summed E-state index contributed by atoms with van der Waals surface area (Å²) in [6, 6.07) is 2.23. The molecule has 2 rings (SSSR count). The summed E-state index contributed by atoms with van der Waals surface area (Å²) in [7, 11) is 0. The number of aromatic nitrogens is 1. The number of aryl methyl sites for hydroxylation is 1. The van der Waals surface area contributed by atoms with Gasteiger partial charge in [-0.25, -0.2) is 4.98 Å². The molecule has 2 atom stereocenters. The molecule has 1 aliphatic rings. The van der Waals surface area contributed by atoms with E-state index in [0.29, 0.717) is 12.6 Å². The third-order valence-corrected chi connectivity index (χ3v) is 3.71. The molecule has 5 heteroatoms. The number of nitrogens with two attached hydrogens (primary N) is 2. The fourth-order valence-electron chi connectivity index (χ4n) is 2.34. The Morgan fingerprint density at radius 2 is 2.22 bits per heavy atom. The summed E-state index contributed by atoms with van der Waals surface area (Å²) < 4.78 is 0. The molecule has 5 nitrogen and oxygen atoms in total. The smallest absolute Gasteiger partial charge is 0.222 e. The van der Waals surface area contributed by atoms with Crippen LogP contribution in [0.2, 0.25) is 0 Å². The molecule has 98 valence electrons. The molecular weight excluding hydrogens is 228 g/mol. The normalized spacial score (nSPS) is 24.0. The fraction of sp³-hybridized carbons (Fsp3) is 0.538. The molecule has 0 spiro atoms. The molecule has 0 bridgehead atoms. The zero-order chi connectivity index (χ0) is 13.3. The predicted molar refractivity (Wildman–Crippen MR) is 72.1 cm³/mol. The van der Waals surface area contributed by atoms with Gasteiger partial charge in [-0.15, -0.1) is 0 Å². The largest absolute Gasteiger partial charge is 0.398 e. The van der Waals surface area contributed by atoms with Gasteiger partial charge in [-0.1, -0.05) is 0 Å². The van der Waals surface area contributed by atoms with Gasteiger partial charge in [-0.2, -0.15) is 0 Å². The highest BCUT2D eigenvalue weighted by molar-refractivity contribution is 5.77. The van der Waals surface area contributed by atoms with Gasteiger partial charge >= 0.3 is 0 Å². The van der Waals surface area contributed by atoms with Gasteiger partial charge in [0.25, 0.3) is 0 Å². The van der Waals surface area contributed by atoms with Crippen LogP contribution < -0.4 is 16.4 Å². The summed E-state index contributed by atoms with van der Waals surface area (Å²) in [4.78, 5) is 17.8. The van der Waals surface area contributed by atoms with Crippen molar-refractivity contribution in [3.05, 3.63) is 17.8 Å². The van der Waals surface area contributed by atoms with Crippen molar-refractivity contribution < 1.29 is 4.79 Å². The third kappa shape index (κ3) is 2.39. The number of carbonyl (C=O) groups is 1. The topological polar surface area (TPSA) is 85.2 Å². The minimum Gasteiger partial charge on any atom is -0.398 e. The van der Waals surface area contributed by atoms with Crippen LogP contribution in [0.1, 0.15) is 25.3 Å². The Morgan fingerprint density at radius 3 is 2.83 bits per heavy atom. The average Bonchev–Trinajstić information content (AvgIpc) is 2.33. The van der Waals surface area contributed by atoms with Crippen molar-refractivity contribution in [1.82, 2.24) is 4.98 Å². The lowest BCUT2D eigenvalue weighted by atomic mass is 9.93. The molecule has 1 aliphatic heterocycles. The van der Waals surface area contributed by atoms with Crippen LogP contribution in [0.4, 0.5) is 11.5 Å². The highest BCUT2D eigenvalue weighted by Gasteiger charge is 2.29. The number of piperidine rings is 1. The Labute approximate surface area is 107 Å². The number of amides is 1. The van der Waals surface area contributed by atoms with E-state index in [1.165, 1.54) is 0 Å². The van der Waals surface area contributed by atoms with Gasteiger partial charge in [0, 0.05) is 30.5 Å². The molecule has 0 aromatic carbocycles. The molecule has 1 fully saturated rings.